The number of benzene rings is 3. The lowest BCUT2D eigenvalue weighted by Gasteiger charge is -2.23. The Morgan fingerprint density at radius 2 is 1.74 bits per heavy atom. The van der Waals surface area contributed by atoms with Gasteiger partial charge < -0.3 is 4.42 Å². The standard InChI is InChI=1S/C25H18Cl2N4O6S/c26-17-10-12-20(21(27)14-17)24-13-11-18(37-24)15-28-29-25(32)16-30(22-8-4-5-9-23(22)31(33)34)38(35,36)19-6-2-1-3-7-19/h1-15H,16H2,(H,29,32)/b28-15-. The summed E-state index contributed by atoms with van der Waals surface area (Å²) in [6.07, 6.45) is 1.21. The number of carbonyl (C=O) groups is 1. The number of carbonyl (C=O) groups excluding carboxylic acids is 1. The molecule has 0 radical (unpaired) electrons. The average molecular weight is 573 g/mol. The maximum atomic E-state index is 13.4. The molecule has 10 nitrogen and oxygen atoms in total. The van der Waals surface area contributed by atoms with Gasteiger partial charge in [0.25, 0.3) is 21.6 Å². The highest BCUT2D eigenvalue weighted by atomic mass is 35.5. The maximum absolute atomic E-state index is 13.4. The van der Waals surface area contributed by atoms with Gasteiger partial charge in [-0.25, -0.2) is 18.1 Å². The van der Waals surface area contributed by atoms with Crippen LogP contribution in [0.3, 0.4) is 0 Å². The third-order valence-corrected chi connectivity index (χ3v) is 7.49. The van der Waals surface area contributed by atoms with Gasteiger partial charge in [-0.3, -0.25) is 14.9 Å². The van der Waals surface area contributed by atoms with Crippen LogP contribution in [-0.2, 0) is 14.8 Å². The molecule has 0 saturated heterocycles. The maximum Gasteiger partial charge on any atom is 0.293 e. The SMILES string of the molecule is O=C(CN(c1ccccc1[N+](=O)[O-])S(=O)(=O)c1ccccc1)N/N=C\c1ccc(-c2ccc(Cl)cc2Cl)o1. The van der Waals surface area contributed by atoms with Crippen molar-refractivity contribution in [1.82, 2.24) is 5.43 Å². The molecular formula is C25H18Cl2N4O6S. The van der Waals surface area contributed by atoms with E-state index in [0.29, 0.717) is 25.7 Å². The van der Waals surface area contributed by atoms with Crippen LogP contribution < -0.4 is 9.73 Å². The van der Waals surface area contributed by atoms with Crippen molar-refractivity contribution >= 4 is 56.7 Å². The Morgan fingerprint density at radius 3 is 2.45 bits per heavy atom. The first kappa shape index (κ1) is 26.9. The minimum atomic E-state index is -4.34. The van der Waals surface area contributed by atoms with Gasteiger partial charge in [0.1, 0.15) is 23.8 Å². The molecule has 1 aromatic heterocycles. The molecule has 0 bridgehead atoms. The number of furan rings is 1. The minimum absolute atomic E-state index is 0.140. The van der Waals surface area contributed by atoms with Crippen LogP contribution in [0.5, 0.6) is 0 Å². The number of nitro benzene ring substituents is 1. The van der Waals surface area contributed by atoms with Gasteiger partial charge in [0.05, 0.1) is 21.1 Å². The van der Waals surface area contributed by atoms with Crippen molar-refractivity contribution < 1.29 is 22.6 Å². The molecule has 3 aromatic carbocycles. The number of halogens is 2. The van der Waals surface area contributed by atoms with E-state index in [1.165, 1.54) is 48.7 Å². The van der Waals surface area contributed by atoms with Crippen molar-refractivity contribution in [3.63, 3.8) is 0 Å². The number of hydrogen-bond donors (Lipinski definition) is 1. The summed E-state index contributed by atoms with van der Waals surface area (Å²) in [7, 11) is -4.34. The highest BCUT2D eigenvalue weighted by Gasteiger charge is 2.31. The Labute approximate surface area is 227 Å². The smallest absolute Gasteiger partial charge is 0.293 e. The molecule has 1 heterocycles. The zero-order chi connectivity index (χ0) is 27.3. The molecule has 0 aliphatic rings. The van der Waals surface area contributed by atoms with Crippen LogP contribution in [0.15, 0.2) is 99.3 Å². The predicted octanol–water partition coefficient (Wildman–Crippen LogP) is 5.51. The first-order valence-electron chi connectivity index (χ1n) is 10.8. The van der Waals surface area contributed by atoms with Crippen LogP contribution in [0.2, 0.25) is 10.0 Å². The Balaban J connectivity index is 1.55. The number of nitrogens with one attached hydrogen (secondary N) is 1. The van der Waals surface area contributed by atoms with E-state index >= 15 is 0 Å². The summed E-state index contributed by atoms with van der Waals surface area (Å²) in [5.74, 6) is -0.124. The normalized spacial score (nSPS) is 11.4. The van der Waals surface area contributed by atoms with E-state index in [4.69, 9.17) is 27.6 Å². The monoisotopic (exact) mass is 572 g/mol. The summed E-state index contributed by atoms with van der Waals surface area (Å²) in [5.41, 5.74) is 2.08. The summed E-state index contributed by atoms with van der Waals surface area (Å²) in [4.78, 5) is 23.4. The zero-order valence-corrected chi connectivity index (χ0v) is 21.7. The van der Waals surface area contributed by atoms with Gasteiger partial charge in [0.15, 0.2) is 0 Å². The van der Waals surface area contributed by atoms with Crippen LogP contribution in [0.25, 0.3) is 11.3 Å². The fourth-order valence-corrected chi connectivity index (χ4v) is 5.40. The van der Waals surface area contributed by atoms with Gasteiger partial charge in [-0.1, -0.05) is 53.5 Å². The molecule has 0 atom stereocenters. The largest absolute Gasteiger partial charge is 0.455 e. The second-order valence-corrected chi connectivity index (χ2v) is 10.4. The Kier molecular flexibility index (Phi) is 8.10. The number of hydrogen-bond acceptors (Lipinski definition) is 7. The van der Waals surface area contributed by atoms with E-state index in [0.717, 1.165) is 6.07 Å². The van der Waals surface area contributed by atoms with E-state index in [9.17, 15) is 23.3 Å². The topological polar surface area (TPSA) is 135 Å². The van der Waals surface area contributed by atoms with Crippen molar-refractivity contribution in [3.8, 4) is 11.3 Å². The van der Waals surface area contributed by atoms with Crippen LogP contribution in [0.1, 0.15) is 5.76 Å². The third-order valence-electron chi connectivity index (χ3n) is 5.17. The summed E-state index contributed by atoms with van der Waals surface area (Å²) in [6, 6.07) is 20.7. The lowest BCUT2D eigenvalue weighted by molar-refractivity contribution is -0.384. The van der Waals surface area contributed by atoms with Crippen LogP contribution >= 0.6 is 23.2 Å². The lowest BCUT2D eigenvalue weighted by Crippen LogP contribution is -2.39. The molecule has 194 valence electrons. The molecule has 1 N–H and O–H groups in total. The van der Waals surface area contributed by atoms with Crippen molar-refractivity contribution in [2.24, 2.45) is 5.10 Å². The quantitative estimate of drug-likeness (QED) is 0.159. The Bertz CT molecular complexity index is 1620. The summed E-state index contributed by atoms with van der Waals surface area (Å²) >= 11 is 12.1. The molecule has 0 spiro atoms. The van der Waals surface area contributed by atoms with E-state index in [2.05, 4.69) is 10.5 Å². The van der Waals surface area contributed by atoms with Crippen LogP contribution in [0.4, 0.5) is 11.4 Å². The van der Waals surface area contributed by atoms with Crippen LogP contribution in [0, 0.1) is 10.1 Å². The number of amides is 1. The molecule has 0 unspecified atom stereocenters. The number of rotatable bonds is 9. The number of nitrogens with zero attached hydrogens (tertiary/aromatic N) is 3. The summed E-state index contributed by atoms with van der Waals surface area (Å²) in [6.45, 7) is -0.775. The molecule has 13 heteroatoms. The number of hydrazone groups is 1. The zero-order valence-electron chi connectivity index (χ0n) is 19.3. The van der Waals surface area contributed by atoms with Crippen molar-refractivity contribution in [2.45, 2.75) is 4.90 Å². The molecule has 0 aliphatic heterocycles. The number of anilines is 1. The van der Waals surface area contributed by atoms with E-state index in [1.807, 2.05) is 0 Å². The first-order chi connectivity index (χ1) is 18.2. The Morgan fingerprint density at radius 1 is 1.03 bits per heavy atom. The predicted molar refractivity (Wildman–Crippen MR) is 144 cm³/mol. The van der Waals surface area contributed by atoms with E-state index in [1.54, 1.807) is 36.4 Å². The van der Waals surface area contributed by atoms with E-state index < -0.39 is 33.1 Å². The number of para-hydroxylation sites is 2. The molecule has 0 aliphatic carbocycles. The van der Waals surface area contributed by atoms with Gasteiger partial charge in [-0.05, 0) is 48.5 Å². The van der Waals surface area contributed by atoms with Gasteiger partial charge in [0.2, 0.25) is 0 Å². The number of sulfonamides is 1. The van der Waals surface area contributed by atoms with Gasteiger partial charge in [-0.2, -0.15) is 5.10 Å². The molecule has 1 amide bonds. The molecule has 4 aromatic rings. The molecule has 0 fully saturated rings. The van der Waals surface area contributed by atoms with Gasteiger partial charge in [-0.15, -0.1) is 0 Å². The van der Waals surface area contributed by atoms with Gasteiger partial charge in [0, 0.05) is 16.7 Å². The average Bonchev–Trinajstić information content (AvgIpc) is 3.36. The molecule has 0 saturated carbocycles. The third kappa shape index (κ3) is 6.02. The first-order valence-corrected chi connectivity index (χ1v) is 13.0. The lowest BCUT2D eigenvalue weighted by atomic mass is 10.2. The molecular weight excluding hydrogens is 555 g/mol. The highest BCUT2D eigenvalue weighted by Crippen LogP contribution is 2.32. The van der Waals surface area contributed by atoms with Crippen molar-refractivity contribution in [2.75, 3.05) is 10.8 Å². The molecule has 38 heavy (non-hydrogen) atoms. The van der Waals surface area contributed by atoms with Gasteiger partial charge >= 0.3 is 0 Å². The second kappa shape index (κ2) is 11.5. The summed E-state index contributed by atoms with van der Waals surface area (Å²) < 4.78 is 33.1. The highest BCUT2D eigenvalue weighted by molar-refractivity contribution is 7.92. The van der Waals surface area contributed by atoms with Crippen molar-refractivity contribution in [1.29, 1.82) is 0 Å². The molecule has 4 rings (SSSR count). The van der Waals surface area contributed by atoms with E-state index in [-0.39, 0.29) is 16.3 Å². The number of nitro groups is 1. The fraction of sp³-hybridized carbons (Fsp3) is 0.0400. The minimum Gasteiger partial charge on any atom is -0.455 e. The fourth-order valence-electron chi connectivity index (χ4n) is 3.44. The second-order valence-electron chi connectivity index (χ2n) is 7.69. The van der Waals surface area contributed by atoms with Crippen molar-refractivity contribution in [3.05, 3.63) is 111 Å². The summed E-state index contributed by atoms with van der Waals surface area (Å²) in [5, 5.41) is 16.3. The Hall–Kier alpha value is -4.19. The van der Waals surface area contributed by atoms with Crippen LogP contribution in [-0.4, -0.2) is 32.0 Å².